The zero-order valence-electron chi connectivity index (χ0n) is 16.7. The Labute approximate surface area is 191 Å². The fourth-order valence-corrected chi connectivity index (χ4v) is 6.59. The second-order valence-electron chi connectivity index (χ2n) is 8.74. The summed E-state index contributed by atoms with van der Waals surface area (Å²) in [5.74, 6) is -1.76. The van der Waals surface area contributed by atoms with E-state index in [1.54, 1.807) is 24.3 Å². The SMILES string of the molecule is [B]C(=O)[C@@H]1NC2(CCCCC2)[C@@]2(C(=O)Nc3cc(Cl)ccc32)[C@H]1c1cccc(Cl)c1F. The minimum atomic E-state index is -1.22. The number of halogens is 3. The molecule has 31 heavy (non-hydrogen) atoms. The van der Waals surface area contributed by atoms with Crippen LogP contribution in [0.1, 0.15) is 49.1 Å². The van der Waals surface area contributed by atoms with Gasteiger partial charge in [-0.25, -0.2) is 4.39 Å². The van der Waals surface area contributed by atoms with Gasteiger partial charge in [0.1, 0.15) is 11.2 Å². The Morgan fingerprint density at radius 2 is 1.87 bits per heavy atom. The average molecular weight is 457 g/mol. The van der Waals surface area contributed by atoms with E-state index in [9.17, 15) is 9.59 Å². The first-order valence-corrected chi connectivity index (χ1v) is 11.2. The number of fused-ring (bicyclic) bond motifs is 3. The lowest BCUT2D eigenvalue weighted by Crippen LogP contribution is -2.60. The van der Waals surface area contributed by atoms with Gasteiger partial charge in [-0.1, -0.05) is 60.7 Å². The number of anilines is 1. The molecule has 2 aliphatic heterocycles. The molecule has 1 saturated carbocycles. The van der Waals surface area contributed by atoms with E-state index >= 15 is 4.39 Å². The minimum Gasteiger partial charge on any atom is -0.325 e. The van der Waals surface area contributed by atoms with E-state index in [1.165, 1.54) is 6.07 Å². The summed E-state index contributed by atoms with van der Waals surface area (Å²) in [6.07, 6.45) is 4.16. The second-order valence-corrected chi connectivity index (χ2v) is 9.58. The highest BCUT2D eigenvalue weighted by Crippen LogP contribution is 2.62. The molecule has 4 nitrogen and oxygen atoms in total. The van der Waals surface area contributed by atoms with E-state index < -0.39 is 34.4 Å². The number of carbonyl (C=O) groups excluding carboxylic acids is 2. The number of hydrogen-bond acceptors (Lipinski definition) is 3. The molecule has 0 unspecified atom stereocenters. The molecular formula is C23H20BCl2FN2O2. The van der Waals surface area contributed by atoms with Gasteiger partial charge < -0.3 is 15.4 Å². The van der Waals surface area contributed by atoms with Crippen molar-refractivity contribution in [2.45, 2.75) is 55.0 Å². The normalized spacial score (nSPS) is 28.7. The molecule has 3 atom stereocenters. The molecule has 8 heteroatoms. The second kappa shape index (κ2) is 7.33. The Bertz CT molecular complexity index is 1100. The van der Waals surface area contributed by atoms with Crippen molar-refractivity contribution < 1.29 is 14.0 Å². The number of nitrogens with one attached hydrogen (secondary N) is 2. The maximum absolute atomic E-state index is 15.4. The molecule has 2 aromatic carbocycles. The van der Waals surface area contributed by atoms with Crippen LogP contribution in [0.25, 0.3) is 0 Å². The maximum Gasteiger partial charge on any atom is 0.237 e. The predicted molar refractivity (Wildman–Crippen MR) is 119 cm³/mol. The van der Waals surface area contributed by atoms with Crippen LogP contribution >= 0.6 is 23.2 Å². The van der Waals surface area contributed by atoms with Crippen LogP contribution in [0.5, 0.6) is 0 Å². The van der Waals surface area contributed by atoms with E-state index in [0.29, 0.717) is 29.1 Å². The van der Waals surface area contributed by atoms with Crippen LogP contribution in [0.15, 0.2) is 36.4 Å². The number of carbonyl (C=O) groups is 2. The molecule has 0 bridgehead atoms. The first kappa shape index (κ1) is 21.0. The molecule has 2 fully saturated rings. The van der Waals surface area contributed by atoms with E-state index in [2.05, 4.69) is 10.6 Å². The summed E-state index contributed by atoms with van der Waals surface area (Å²) >= 11 is 12.3. The van der Waals surface area contributed by atoms with Gasteiger partial charge in [0.25, 0.3) is 0 Å². The summed E-state index contributed by atoms with van der Waals surface area (Å²) in [5, 5.41) is 6.83. The van der Waals surface area contributed by atoms with Crippen LogP contribution < -0.4 is 10.6 Å². The Morgan fingerprint density at radius 3 is 2.58 bits per heavy atom. The Hall–Kier alpha value is -1.89. The highest BCUT2D eigenvalue weighted by molar-refractivity contribution is 6.59. The van der Waals surface area contributed by atoms with Gasteiger partial charge in [0.15, 0.2) is 7.85 Å². The molecule has 1 saturated heterocycles. The zero-order valence-corrected chi connectivity index (χ0v) is 18.2. The van der Waals surface area contributed by atoms with Crippen molar-refractivity contribution in [1.82, 2.24) is 5.32 Å². The molecule has 1 aliphatic carbocycles. The topological polar surface area (TPSA) is 58.2 Å². The highest BCUT2D eigenvalue weighted by atomic mass is 35.5. The lowest BCUT2D eigenvalue weighted by molar-refractivity contribution is -0.124. The first-order valence-electron chi connectivity index (χ1n) is 10.4. The molecule has 5 rings (SSSR count). The smallest absolute Gasteiger partial charge is 0.237 e. The average Bonchev–Trinajstić information content (AvgIpc) is 3.18. The van der Waals surface area contributed by atoms with Crippen molar-refractivity contribution in [3.05, 3.63) is 63.4 Å². The van der Waals surface area contributed by atoms with Gasteiger partial charge >= 0.3 is 0 Å². The van der Waals surface area contributed by atoms with Crippen molar-refractivity contribution >= 4 is 48.3 Å². The molecule has 1 amide bonds. The number of hydrogen-bond donors (Lipinski definition) is 2. The lowest BCUT2D eigenvalue weighted by Gasteiger charge is -2.47. The van der Waals surface area contributed by atoms with E-state index in [0.717, 1.165) is 19.3 Å². The summed E-state index contributed by atoms with van der Waals surface area (Å²) < 4.78 is 15.4. The third kappa shape index (κ3) is 2.78. The van der Waals surface area contributed by atoms with Gasteiger partial charge in [0.2, 0.25) is 5.91 Å². The van der Waals surface area contributed by atoms with Gasteiger partial charge in [-0.3, -0.25) is 4.79 Å². The van der Waals surface area contributed by atoms with Gasteiger partial charge in [-0.15, -0.1) is 0 Å². The largest absolute Gasteiger partial charge is 0.325 e. The lowest BCUT2D eigenvalue weighted by atomic mass is 9.55. The van der Waals surface area contributed by atoms with Gasteiger partial charge in [0, 0.05) is 22.2 Å². The third-order valence-electron chi connectivity index (χ3n) is 7.33. The molecular weight excluding hydrogens is 437 g/mol. The molecule has 2 aromatic rings. The van der Waals surface area contributed by atoms with Crippen LogP contribution in [-0.2, 0) is 15.0 Å². The third-order valence-corrected chi connectivity index (χ3v) is 7.86. The Morgan fingerprint density at radius 1 is 1.13 bits per heavy atom. The molecule has 2 spiro atoms. The van der Waals surface area contributed by atoms with Crippen LogP contribution in [0.2, 0.25) is 10.0 Å². The van der Waals surface area contributed by atoms with Gasteiger partial charge in [-0.05, 0) is 42.2 Å². The summed E-state index contributed by atoms with van der Waals surface area (Å²) in [6.45, 7) is 0. The maximum atomic E-state index is 15.4. The van der Waals surface area contributed by atoms with E-state index in [-0.39, 0.29) is 16.5 Å². The summed E-state index contributed by atoms with van der Waals surface area (Å²) in [4.78, 5) is 26.6. The summed E-state index contributed by atoms with van der Waals surface area (Å²) in [6, 6.07) is 8.98. The quantitative estimate of drug-likeness (QED) is 0.655. The fourth-order valence-electron chi connectivity index (χ4n) is 6.24. The minimum absolute atomic E-state index is 0.0600. The molecule has 0 aromatic heterocycles. The van der Waals surface area contributed by atoms with Gasteiger partial charge in [-0.2, -0.15) is 0 Å². The Balaban J connectivity index is 1.86. The standard InChI is InChI=1S/C23H20BCl2FN2O2/c24-20(30)19-17(13-5-4-6-15(26)18(13)27)23(22(29-19)9-2-1-3-10-22)14-8-7-12(25)11-16(14)28-21(23)31/h4-8,11,17,19,29H,1-3,9-10H2,(H,28,31)/t17-,19+,23+/m0/s1. The van der Waals surface area contributed by atoms with Crippen molar-refractivity contribution in [1.29, 1.82) is 0 Å². The number of benzene rings is 2. The van der Waals surface area contributed by atoms with Crippen LogP contribution in [0, 0.1) is 5.82 Å². The monoisotopic (exact) mass is 456 g/mol. The zero-order chi connectivity index (χ0) is 22.0. The van der Waals surface area contributed by atoms with Crippen LogP contribution in [0.3, 0.4) is 0 Å². The first-order chi connectivity index (χ1) is 14.8. The summed E-state index contributed by atoms with van der Waals surface area (Å²) in [5.41, 5.74) is -1.08. The molecule has 2 N–H and O–H groups in total. The van der Waals surface area contributed by atoms with E-state index in [4.69, 9.17) is 31.0 Å². The fraction of sp³-hybridized carbons (Fsp3) is 0.391. The van der Waals surface area contributed by atoms with Crippen molar-refractivity contribution in [3.8, 4) is 0 Å². The molecule has 2 radical (unpaired) electrons. The van der Waals surface area contributed by atoms with Crippen molar-refractivity contribution in [2.24, 2.45) is 0 Å². The molecule has 2 heterocycles. The molecule has 3 aliphatic rings. The van der Waals surface area contributed by atoms with Crippen molar-refractivity contribution in [3.63, 3.8) is 0 Å². The predicted octanol–water partition coefficient (Wildman–Crippen LogP) is 4.48. The summed E-state index contributed by atoms with van der Waals surface area (Å²) in [7, 11) is 5.83. The number of amides is 1. The Kier molecular flexibility index (Phi) is 4.96. The van der Waals surface area contributed by atoms with Crippen molar-refractivity contribution in [2.75, 3.05) is 5.32 Å². The van der Waals surface area contributed by atoms with Gasteiger partial charge in [0.05, 0.1) is 16.7 Å². The number of rotatable bonds is 2. The highest BCUT2D eigenvalue weighted by Gasteiger charge is 2.71. The molecule has 158 valence electrons. The van der Waals surface area contributed by atoms with Crippen LogP contribution in [0.4, 0.5) is 10.1 Å². The van der Waals surface area contributed by atoms with Crippen LogP contribution in [-0.4, -0.2) is 31.0 Å². The van der Waals surface area contributed by atoms with E-state index in [1.807, 2.05) is 6.07 Å².